The van der Waals surface area contributed by atoms with Gasteiger partial charge in [0.1, 0.15) is 0 Å². The average Bonchev–Trinajstić information content (AvgIpc) is 3.03. The van der Waals surface area contributed by atoms with Crippen LogP contribution in [0.2, 0.25) is 0 Å². The molecule has 0 radical (unpaired) electrons. The van der Waals surface area contributed by atoms with Crippen LogP contribution in [0, 0.1) is 0 Å². The largest absolute Gasteiger partial charge is 0.451 e. The van der Waals surface area contributed by atoms with Crippen molar-refractivity contribution in [2.45, 2.75) is 36.9 Å². The second kappa shape index (κ2) is 7.50. The number of carbonyl (C=O) groups excluding carboxylic acids is 1. The molecule has 1 aromatic heterocycles. The van der Waals surface area contributed by atoms with Gasteiger partial charge in [-0.1, -0.05) is 0 Å². The molecule has 0 aliphatic rings. The van der Waals surface area contributed by atoms with Gasteiger partial charge in [0.05, 0.1) is 28.7 Å². The van der Waals surface area contributed by atoms with E-state index in [1.54, 1.807) is 0 Å². The number of alkyl halides is 6. The molecule has 30 heavy (non-hydrogen) atoms. The third-order valence-corrected chi connectivity index (χ3v) is 4.87. The smallest absolute Gasteiger partial charge is 0.418 e. The molecule has 0 aliphatic carbocycles. The number of nitrogens with one attached hydrogen (secondary N) is 2. The molecule has 166 valence electrons. The number of carbonyl (C=O) groups is 1. The molecule has 0 atom stereocenters. The van der Waals surface area contributed by atoms with Crippen molar-refractivity contribution in [2.75, 3.05) is 5.32 Å². The summed E-state index contributed by atoms with van der Waals surface area (Å²) in [6, 6.07) is -0.602. The van der Waals surface area contributed by atoms with E-state index < -0.39 is 55.9 Å². The Balaban J connectivity index is 2.32. The molecular weight excluding hydrogens is 446 g/mol. The summed E-state index contributed by atoms with van der Waals surface area (Å²) < 4.78 is 108. The van der Waals surface area contributed by atoms with E-state index in [2.05, 4.69) is 0 Å². The molecule has 0 saturated heterocycles. The summed E-state index contributed by atoms with van der Waals surface area (Å²) in [5.41, 5.74) is -5.90. The quantitative estimate of drug-likeness (QED) is 0.597. The summed E-state index contributed by atoms with van der Waals surface area (Å²) in [5, 5.41) is 10.4. The first-order chi connectivity index (χ1) is 13.4. The van der Waals surface area contributed by atoms with Gasteiger partial charge < -0.3 is 14.8 Å². The Hall–Kier alpha value is -2.74. The highest BCUT2D eigenvalue weighted by molar-refractivity contribution is 7.89. The minimum atomic E-state index is -5.13. The van der Waals surface area contributed by atoms with Gasteiger partial charge in [0.15, 0.2) is 0 Å². The van der Waals surface area contributed by atoms with Crippen molar-refractivity contribution in [3.8, 4) is 0 Å². The highest BCUT2D eigenvalue weighted by Gasteiger charge is 2.38. The predicted octanol–water partition coefficient (Wildman–Crippen LogP) is 4.06. The Labute approximate surface area is 165 Å². The number of halogens is 6. The maximum atomic E-state index is 13.0. The fourth-order valence-corrected chi connectivity index (χ4v) is 3.02. The van der Waals surface area contributed by atoms with Gasteiger partial charge in [-0.3, -0.25) is 0 Å². The van der Waals surface area contributed by atoms with Crippen LogP contribution < -0.4 is 10.0 Å². The lowest BCUT2D eigenvalue weighted by Gasteiger charge is -2.16. The Bertz CT molecular complexity index is 1050. The molecule has 0 aliphatic heterocycles. The van der Waals surface area contributed by atoms with Gasteiger partial charge in [0.25, 0.3) is 10.0 Å². The molecule has 3 N–H and O–H groups in total. The molecule has 1 aromatic carbocycles. The van der Waals surface area contributed by atoms with E-state index in [-0.39, 0.29) is 23.8 Å². The van der Waals surface area contributed by atoms with E-state index in [9.17, 15) is 44.7 Å². The van der Waals surface area contributed by atoms with Crippen molar-refractivity contribution in [1.82, 2.24) is 4.72 Å². The Morgan fingerprint density at radius 1 is 1.00 bits per heavy atom. The highest BCUT2D eigenvalue weighted by atomic mass is 32.2. The van der Waals surface area contributed by atoms with Crippen molar-refractivity contribution in [3.63, 3.8) is 0 Å². The number of aliphatic hydroxyl groups is 1. The lowest BCUT2D eigenvalue weighted by Crippen LogP contribution is -2.35. The van der Waals surface area contributed by atoms with Gasteiger partial charge in [-0.15, -0.1) is 0 Å². The predicted molar refractivity (Wildman–Crippen MR) is 89.7 cm³/mol. The molecular formula is C16H14F6N2O5S. The summed E-state index contributed by atoms with van der Waals surface area (Å²) in [7, 11) is -4.75. The van der Waals surface area contributed by atoms with Crippen LogP contribution in [0.3, 0.4) is 0 Å². The maximum Gasteiger partial charge on any atom is 0.418 e. The number of urea groups is 1. The van der Waals surface area contributed by atoms with Crippen LogP contribution in [-0.2, 0) is 28.0 Å². The van der Waals surface area contributed by atoms with E-state index in [0.717, 1.165) is 12.3 Å². The Morgan fingerprint density at radius 3 is 2.07 bits per heavy atom. The summed E-state index contributed by atoms with van der Waals surface area (Å²) in [4.78, 5) is 11.9. The molecule has 2 amide bonds. The number of anilines is 1. The lowest BCUT2D eigenvalue weighted by molar-refractivity contribution is -0.140. The van der Waals surface area contributed by atoms with Crippen LogP contribution in [-0.4, -0.2) is 19.6 Å². The summed E-state index contributed by atoms with van der Waals surface area (Å²) in [6.07, 6.45) is -9.26. The van der Waals surface area contributed by atoms with Gasteiger partial charge in [0.2, 0.25) is 5.09 Å². The van der Waals surface area contributed by atoms with Crippen molar-refractivity contribution in [3.05, 3.63) is 47.2 Å². The molecule has 0 saturated carbocycles. The van der Waals surface area contributed by atoms with E-state index in [4.69, 9.17) is 4.42 Å². The van der Waals surface area contributed by atoms with Gasteiger partial charge in [0, 0.05) is 11.6 Å². The number of hydrogen-bond acceptors (Lipinski definition) is 5. The van der Waals surface area contributed by atoms with Crippen LogP contribution in [0.4, 0.5) is 36.8 Å². The number of amides is 2. The van der Waals surface area contributed by atoms with Gasteiger partial charge >= 0.3 is 18.4 Å². The molecule has 7 nitrogen and oxygen atoms in total. The minimum Gasteiger partial charge on any atom is -0.451 e. The molecule has 1 heterocycles. The molecule has 0 unspecified atom stereocenters. The topological polar surface area (TPSA) is 109 Å². The normalized spacial score (nSPS) is 13.2. The number of hydrogen-bond donors (Lipinski definition) is 3. The van der Waals surface area contributed by atoms with Crippen LogP contribution in [0.25, 0.3) is 0 Å². The van der Waals surface area contributed by atoms with Gasteiger partial charge in [-0.05, 0) is 32.0 Å². The Kier molecular flexibility index (Phi) is 5.89. The fourth-order valence-electron chi connectivity index (χ4n) is 2.17. The van der Waals surface area contributed by atoms with Crippen molar-refractivity contribution >= 4 is 21.7 Å². The van der Waals surface area contributed by atoms with Crippen molar-refractivity contribution < 1.29 is 49.1 Å². The monoisotopic (exact) mass is 460 g/mol. The van der Waals surface area contributed by atoms with Crippen LogP contribution in [0.1, 0.15) is 30.5 Å². The van der Waals surface area contributed by atoms with E-state index in [1.165, 1.54) is 23.9 Å². The third kappa shape index (κ3) is 5.44. The van der Waals surface area contributed by atoms with Crippen LogP contribution >= 0.6 is 0 Å². The van der Waals surface area contributed by atoms with E-state index in [0.29, 0.717) is 0 Å². The number of furan rings is 1. The lowest BCUT2D eigenvalue weighted by atomic mass is 10.0. The molecule has 14 heteroatoms. The number of sulfonamides is 1. The fraction of sp³-hybridized carbons (Fsp3) is 0.312. The van der Waals surface area contributed by atoms with Crippen molar-refractivity contribution in [2.24, 2.45) is 0 Å². The molecule has 2 rings (SSSR count). The van der Waals surface area contributed by atoms with Crippen LogP contribution in [0.5, 0.6) is 0 Å². The summed E-state index contributed by atoms with van der Waals surface area (Å²) >= 11 is 0. The van der Waals surface area contributed by atoms with Gasteiger partial charge in [-0.2, -0.15) is 34.8 Å². The maximum absolute atomic E-state index is 13.0. The number of rotatable bonds is 4. The second-order valence-electron chi connectivity index (χ2n) is 6.53. The van der Waals surface area contributed by atoms with Gasteiger partial charge in [-0.25, -0.2) is 9.52 Å². The Morgan fingerprint density at radius 2 is 1.60 bits per heavy atom. The minimum absolute atomic E-state index is 0.0144. The summed E-state index contributed by atoms with van der Waals surface area (Å²) in [5.74, 6) is 0. The van der Waals surface area contributed by atoms with Crippen LogP contribution in [0.15, 0.2) is 40.0 Å². The third-order valence-electron chi connectivity index (χ3n) is 3.67. The highest BCUT2D eigenvalue weighted by Crippen LogP contribution is 2.39. The zero-order valence-electron chi connectivity index (χ0n) is 15.1. The summed E-state index contributed by atoms with van der Waals surface area (Å²) in [6.45, 7) is 2.61. The zero-order chi connectivity index (χ0) is 23.1. The molecule has 2 aromatic rings. The molecule has 0 bridgehead atoms. The average molecular weight is 460 g/mol. The second-order valence-corrected chi connectivity index (χ2v) is 8.14. The van der Waals surface area contributed by atoms with E-state index >= 15 is 0 Å². The zero-order valence-corrected chi connectivity index (χ0v) is 16.0. The van der Waals surface area contributed by atoms with Crippen molar-refractivity contribution in [1.29, 1.82) is 0 Å². The first kappa shape index (κ1) is 23.5. The first-order valence-corrected chi connectivity index (χ1v) is 9.33. The molecule has 0 spiro atoms. The SMILES string of the molecule is CC(C)(O)c1coc(S(=O)(=O)NC(=O)Nc2cc(C(F)(F)F)ccc2C(F)(F)F)c1. The standard InChI is InChI=1S/C16H14F6N2O5S/c1-14(2,26)9-6-12(29-7-9)30(27,28)24-13(25)23-11-5-8(15(17,18)19)3-4-10(11)16(20,21)22/h3-7,26H,1-2H3,(H2,23,24,25). The first-order valence-electron chi connectivity index (χ1n) is 7.85. The molecule has 0 fully saturated rings. The number of benzene rings is 1. The van der Waals surface area contributed by atoms with E-state index in [1.807, 2.05) is 0 Å².